The number of ether oxygens (including phenoxy) is 1. The average Bonchev–Trinajstić information content (AvgIpc) is 2.28. The molecule has 0 aliphatic rings. The number of nitriles is 1. The van der Waals surface area contributed by atoms with Gasteiger partial charge in [0.25, 0.3) is 5.91 Å². The molecule has 0 heterocycles. The second-order valence-corrected chi connectivity index (χ2v) is 4.23. The zero-order chi connectivity index (χ0) is 13.7. The molecule has 0 atom stereocenters. The highest BCUT2D eigenvalue weighted by molar-refractivity contribution is 9.10. The van der Waals surface area contributed by atoms with Crippen LogP contribution >= 0.6 is 15.9 Å². The number of carbonyl (C=O) groups excluding carboxylic acids is 2. The minimum absolute atomic E-state index is 0.221. The second kappa shape index (κ2) is 5.98. The number of halogens is 1. The Morgan fingerprint density at radius 3 is 2.67 bits per heavy atom. The Kier molecular flexibility index (Phi) is 4.63. The third-order valence-corrected chi connectivity index (χ3v) is 2.40. The van der Waals surface area contributed by atoms with Gasteiger partial charge < -0.3 is 10.5 Å². The molecule has 1 amide bonds. The first kappa shape index (κ1) is 13.9. The number of rotatable bonds is 3. The molecule has 18 heavy (non-hydrogen) atoms. The average molecular weight is 309 g/mol. The molecule has 0 unspecified atom stereocenters. The summed E-state index contributed by atoms with van der Waals surface area (Å²) >= 11 is 3.24. The predicted molar refractivity (Wildman–Crippen MR) is 68.2 cm³/mol. The summed E-state index contributed by atoms with van der Waals surface area (Å²) in [5.41, 5.74) is 5.23. The second-order valence-electron chi connectivity index (χ2n) is 3.31. The van der Waals surface area contributed by atoms with Crippen LogP contribution in [0.5, 0.6) is 5.75 Å². The number of nitrogens with two attached hydrogens (primary N) is 1. The Hall–Kier alpha value is -2.13. The predicted octanol–water partition coefficient (Wildman–Crippen LogP) is 1.77. The van der Waals surface area contributed by atoms with Crippen LogP contribution in [-0.2, 0) is 9.59 Å². The molecule has 5 nitrogen and oxygen atoms in total. The Balaban J connectivity index is 3.29. The number of benzene rings is 1. The molecule has 0 aliphatic carbocycles. The van der Waals surface area contributed by atoms with Gasteiger partial charge in [-0.3, -0.25) is 9.59 Å². The normalized spacial score (nSPS) is 10.6. The molecule has 2 N–H and O–H groups in total. The maximum absolute atomic E-state index is 11.0. The first-order chi connectivity index (χ1) is 8.43. The molecule has 92 valence electrons. The van der Waals surface area contributed by atoms with Crippen molar-refractivity contribution >= 4 is 33.9 Å². The quantitative estimate of drug-likeness (QED) is 0.398. The molecule has 0 aromatic heterocycles. The molecule has 0 radical (unpaired) electrons. The lowest BCUT2D eigenvalue weighted by Gasteiger charge is -2.06. The van der Waals surface area contributed by atoms with Gasteiger partial charge >= 0.3 is 5.97 Å². The lowest BCUT2D eigenvalue weighted by Crippen LogP contribution is -2.12. The van der Waals surface area contributed by atoms with Gasteiger partial charge in [-0.25, -0.2) is 0 Å². The summed E-state index contributed by atoms with van der Waals surface area (Å²) in [7, 11) is 0. The molecular weight excluding hydrogens is 300 g/mol. The summed E-state index contributed by atoms with van der Waals surface area (Å²) in [4.78, 5) is 21.9. The summed E-state index contributed by atoms with van der Waals surface area (Å²) in [6, 6.07) is 6.51. The van der Waals surface area contributed by atoms with Crippen molar-refractivity contribution in [2.24, 2.45) is 5.73 Å². The van der Waals surface area contributed by atoms with Crippen molar-refractivity contribution in [2.75, 3.05) is 0 Å². The molecular formula is C12H9BrN2O3. The van der Waals surface area contributed by atoms with Gasteiger partial charge in [-0.05, 0) is 24.3 Å². The van der Waals surface area contributed by atoms with E-state index in [1.165, 1.54) is 13.0 Å². The number of nitrogens with zero attached hydrogens (tertiary/aromatic N) is 1. The van der Waals surface area contributed by atoms with Gasteiger partial charge in [0.05, 0.1) is 0 Å². The van der Waals surface area contributed by atoms with Crippen molar-refractivity contribution < 1.29 is 14.3 Å². The van der Waals surface area contributed by atoms with Crippen LogP contribution in [-0.4, -0.2) is 11.9 Å². The van der Waals surface area contributed by atoms with E-state index in [9.17, 15) is 9.59 Å². The topological polar surface area (TPSA) is 93.2 Å². The Morgan fingerprint density at radius 1 is 1.50 bits per heavy atom. The van der Waals surface area contributed by atoms with Crippen LogP contribution in [0.3, 0.4) is 0 Å². The Morgan fingerprint density at radius 2 is 2.17 bits per heavy atom. The van der Waals surface area contributed by atoms with Crippen LogP contribution < -0.4 is 10.5 Å². The third kappa shape index (κ3) is 3.71. The van der Waals surface area contributed by atoms with E-state index in [2.05, 4.69) is 15.9 Å². The zero-order valence-corrected chi connectivity index (χ0v) is 11.0. The maximum atomic E-state index is 11.0. The molecule has 0 bridgehead atoms. The van der Waals surface area contributed by atoms with Crippen molar-refractivity contribution in [1.82, 2.24) is 0 Å². The van der Waals surface area contributed by atoms with Crippen LogP contribution in [0.15, 0.2) is 28.2 Å². The highest BCUT2D eigenvalue weighted by Gasteiger charge is 2.09. The van der Waals surface area contributed by atoms with Crippen LogP contribution in [0, 0.1) is 11.3 Å². The minimum Gasteiger partial charge on any atom is -0.426 e. The van der Waals surface area contributed by atoms with E-state index in [-0.39, 0.29) is 11.3 Å². The van der Waals surface area contributed by atoms with Crippen LogP contribution in [0.25, 0.3) is 6.08 Å². The number of primary amides is 1. The number of carbonyl (C=O) groups is 2. The molecule has 0 saturated heterocycles. The van der Waals surface area contributed by atoms with E-state index in [1.54, 1.807) is 24.3 Å². The van der Waals surface area contributed by atoms with Crippen molar-refractivity contribution in [1.29, 1.82) is 5.26 Å². The first-order valence-corrected chi connectivity index (χ1v) is 5.63. The summed E-state index contributed by atoms with van der Waals surface area (Å²) < 4.78 is 5.67. The van der Waals surface area contributed by atoms with Crippen LogP contribution in [0.4, 0.5) is 0 Å². The van der Waals surface area contributed by atoms with Gasteiger partial charge in [0.2, 0.25) is 0 Å². The molecule has 0 fully saturated rings. The van der Waals surface area contributed by atoms with Gasteiger partial charge in [0.15, 0.2) is 0 Å². The largest absolute Gasteiger partial charge is 0.426 e. The molecule has 1 rings (SSSR count). The van der Waals surface area contributed by atoms with Crippen molar-refractivity contribution in [3.05, 3.63) is 33.8 Å². The molecule has 1 aromatic rings. The standard InChI is InChI=1S/C12H9BrN2O3/c1-7(16)18-11-3-2-10(13)5-8(11)4-9(6-14)12(15)17/h2-5H,1H3,(H2,15,17)/b9-4+. The lowest BCUT2D eigenvalue weighted by atomic mass is 10.1. The molecule has 0 saturated carbocycles. The summed E-state index contributed by atoms with van der Waals surface area (Å²) in [6.45, 7) is 1.26. The fourth-order valence-electron chi connectivity index (χ4n) is 1.19. The fourth-order valence-corrected chi connectivity index (χ4v) is 1.57. The summed E-state index contributed by atoms with van der Waals surface area (Å²) in [5.74, 6) is -1.09. The fraction of sp³-hybridized carbons (Fsp3) is 0.0833. The first-order valence-electron chi connectivity index (χ1n) is 4.83. The van der Waals surface area contributed by atoms with E-state index < -0.39 is 11.9 Å². The van der Waals surface area contributed by atoms with Crippen molar-refractivity contribution in [2.45, 2.75) is 6.92 Å². The van der Waals surface area contributed by atoms with Gasteiger partial charge in [-0.1, -0.05) is 15.9 Å². The van der Waals surface area contributed by atoms with E-state index in [0.717, 1.165) is 0 Å². The number of esters is 1. The van der Waals surface area contributed by atoms with Crippen molar-refractivity contribution in [3.8, 4) is 11.8 Å². The van der Waals surface area contributed by atoms with Gasteiger partial charge in [0, 0.05) is 17.0 Å². The SMILES string of the molecule is CC(=O)Oc1ccc(Br)cc1/C=C(\C#N)C(N)=O. The highest BCUT2D eigenvalue weighted by atomic mass is 79.9. The number of amides is 1. The van der Waals surface area contributed by atoms with Crippen molar-refractivity contribution in [3.63, 3.8) is 0 Å². The highest BCUT2D eigenvalue weighted by Crippen LogP contribution is 2.25. The lowest BCUT2D eigenvalue weighted by molar-refractivity contribution is -0.131. The van der Waals surface area contributed by atoms with Crippen LogP contribution in [0.1, 0.15) is 12.5 Å². The van der Waals surface area contributed by atoms with E-state index >= 15 is 0 Å². The minimum atomic E-state index is -0.841. The van der Waals surface area contributed by atoms with E-state index in [4.69, 9.17) is 15.7 Å². The third-order valence-electron chi connectivity index (χ3n) is 1.91. The van der Waals surface area contributed by atoms with Gasteiger partial charge in [-0.15, -0.1) is 0 Å². The van der Waals surface area contributed by atoms with Gasteiger partial charge in [-0.2, -0.15) is 5.26 Å². The maximum Gasteiger partial charge on any atom is 0.308 e. The molecule has 0 spiro atoms. The number of hydrogen-bond acceptors (Lipinski definition) is 4. The van der Waals surface area contributed by atoms with Gasteiger partial charge in [0.1, 0.15) is 17.4 Å². The molecule has 0 aliphatic heterocycles. The van der Waals surface area contributed by atoms with Crippen LogP contribution in [0.2, 0.25) is 0 Å². The summed E-state index contributed by atoms with van der Waals surface area (Å²) in [5, 5.41) is 8.76. The number of hydrogen-bond donors (Lipinski definition) is 1. The Labute approximate surface area is 112 Å². The monoisotopic (exact) mass is 308 g/mol. The Bertz CT molecular complexity index is 573. The molecule has 1 aromatic carbocycles. The summed E-state index contributed by atoms with van der Waals surface area (Å²) in [6.07, 6.45) is 1.27. The zero-order valence-electron chi connectivity index (χ0n) is 9.44. The smallest absolute Gasteiger partial charge is 0.308 e. The van der Waals surface area contributed by atoms with E-state index in [0.29, 0.717) is 10.0 Å². The van der Waals surface area contributed by atoms with E-state index in [1.807, 2.05) is 0 Å². The molecule has 6 heteroatoms.